The maximum atomic E-state index is 4.45. The number of hydrogen-bond donors (Lipinski definition) is 1. The van der Waals surface area contributed by atoms with E-state index < -0.39 is 0 Å². The van der Waals surface area contributed by atoms with Gasteiger partial charge < -0.3 is 9.88 Å². The summed E-state index contributed by atoms with van der Waals surface area (Å²) in [4.78, 5) is 0. The molecule has 106 valence electrons. The standard InChI is InChI=1S/C16H22N4/c1-16(2,3)14-15-19-18-13(20(15)10-9-17-14)11-12-7-5-4-6-8-12/h4-8,14,17H,9-11H2,1-3H3. The van der Waals surface area contributed by atoms with Crippen molar-refractivity contribution >= 4 is 0 Å². The van der Waals surface area contributed by atoms with Gasteiger partial charge >= 0.3 is 0 Å². The molecule has 2 aromatic rings. The van der Waals surface area contributed by atoms with Crippen LogP contribution in [0.15, 0.2) is 30.3 Å². The van der Waals surface area contributed by atoms with E-state index in [4.69, 9.17) is 0 Å². The fourth-order valence-electron chi connectivity index (χ4n) is 2.82. The summed E-state index contributed by atoms with van der Waals surface area (Å²) in [5, 5.41) is 12.5. The molecule has 2 heterocycles. The zero-order chi connectivity index (χ0) is 14.2. The van der Waals surface area contributed by atoms with Crippen LogP contribution in [0.25, 0.3) is 0 Å². The van der Waals surface area contributed by atoms with Gasteiger partial charge in [-0.25, -0.2) is 0 Å². The van der Waals surface area contributed by atoms with Crippen molar-refractivity contribution in [3.05, 3.63) is 47.5 Å². The summed E-state index contributed by atoms with van der Waals surface area (Å²) >= 11 is 0. The minimum absolute atomic E-state index is 0.148. The van der Waals surface area contributed by atoms with Crippen molar-refractivity contribution in [3.8, 4) is 0 Å². The molecule has 1 N–H and O–H groups in total. The first-order chi connectivity index (χ1) is 9.55. The van der Waals surface area contributed by atoms with Gasteiger partial charge in [0, 0.05) is 19.5 Å². The minimum Gasteiger partial charge on any atom is -0.312 e. The molecule has 0 spiro atoms. The molecule has 1 aliphatic heterocycles. The molecule has 0 aliphatic carbocycles. The Morgan fingerprint density at radius 2 is 1.95 bits per heavy atom. The van der Waals surface area contributed by atoms with E-state index in [1.807, 2.05) is 6.07 Å². The molecule has 1 aromatic heterocycles. The van der Waals surface area contributed by atoms with Crippen LogP contribution in [0.3, 0.4) is 0 Å². The van der Waals surface area contributed by atoms with E-state index in [0.29, 0.717) is 0 Å². The Kier molecular flexibility index (Phi) is 3.34. The van der Waals surface area contributed by atoms with Crippen molar-refractivity contribution in [3.63, 3.8) is 0 Å². The van der Waals surface area contributed by atoms with Crippen molar-refractivity contribution in [2.75, 3.05) is 6.54 Å². The average molecular weight is 270 g/mol. The number of fused-ring (bicyclic) bond motifs is 1. The lowest BCUT2D eigenvalue weighted by molar-refractivity contribution is 0.232. The lowest BCUT2D eigenvalue weighted by Crippen LogP contribution is -2.41. The van der Waals surface area contributed by atoms with Gasteiger partial charge in [-0.3, -0.25) is 0 Å². The maximum absolute atomic E-state index is 4.45. The van der Waals surface area contributed by atoms with E-state index in [1.165, 1.54) is 5.56 Å². The van der Waals surface area contributed by atoms with Gasteiger partial charge in [0.2, 0.25) is 0 Å². The topological polar surface area (TPSA) is 42.7 Å². The van der Waals surface area contributed by atoms with Crippen molar-refractivity contribution in [1.82, 2.24) is 20.1 Å². The smallest absolute Gasteiger partial charge is 0.150 e. The molecule has 0 fully saturated rings. The molecule has 0 radical (unpaired) electrons. The van der Waals surface area contributed by atoms with Gasteiger partial charge in [0.15, 0.2) is 5.82 Å². The summed E-state index contributed by atoms with van der Waals surface area (Å²) in [5.74, 6) is 2.15. The summed E-state index contributed by atoms with van der Waals surface area (Å²) in [6, 6.07) is 10.7. The van der Waals surface area contributed by atoms with Gasteiger partial charge in [-0.1, -0.05) is 51.1 Å². The van der Waals surface area contributed by atoms with Gasteiger partial charge in [0.1, 0.15) is 5.82 Å². The van der Waals surface area contributed by atoms with Crippen LogP contribution < -0.4 is 5.32 Å². The summed E-state index contributed by atoms with van der Waals surface area (Å²) in [7, 11) is 0. The molecule has 20 heavy (non-hydrogen) atoms. The zero-order valence-corrected chi connectivity index (χ0v) is 12.4. The highest BCUT2D eigenvalue weighted by atomic mass is 15.3. The van der Waals surface area contributed by atoms with Gasteiger partial charge in [0.25, 0.3) is 0 Å². The van der Waals surface area contributed by atoms with Crippen LogP contribution in [0.5, 0.6) is 0 Å². The molecular weight excluding hydrogens is 248 g/mol. The lowest BCUT2D eigenvalue weighted by Gasteiger charge is -2.34. The van der Waals surface area contributed by atoms with Crippen LogP contribution in [0.2, 0.25) is 0 Å². The SMILES string of the molecule is CC(C)(C)C1NCCn2c(Cc3ccccc3)nnc21. The molecular formula is C16H22N4. The first-order valence-electron chi connectivity index (χ1n) is 7.25. The monoisotopic (exact) mass is 270 g/mol. The summed E-state index contributed by atoms with van der Waals surface area (Å²) in [5.41, 5.74) is 1.43. The van der Waals surface area contributed by atoms with Crippen LogP contribution >= 0.6 is 0 Å². The second-order valence-electron chi connectivity index (χ2n) is 6.54. The maximum Gasteiger partial charge on any atom is 0.150 e. The summed E-state index contributed by atoms with van der Waals surface area (Å²) in [6.45, 7) is 8.66. The van der Waals surface area contributed by atoms with E-state index in [1.54, 1.807) is 0 Å². The summed E-state index contributed by atoms with van der Waals surface area (Å²) in [6.07, 6.45) is 0.852. The number of aromatic nitrogens is 3. The number of benzene rings is 1. The Morgan fingerprint density at radius 1 is 1.20 bits per heavy atom. The number of nitrogens with zero attached hydrogens (tertiary/aromatic N) is 3. The minimum atomic E-state index is 0.148. The third-order valence-electron chi connectivity index (χ3n) is 3.87. The molecule has 1 aromatic carbocycles. The van der Waals surface area contributed by atoms with Gasteiger partial charge in [-0.05, 0) is 11.0 Å². The van der Waals surface area contributed by atoms with Crippen LogP contribution in [-0.2, 0) is 13.0 Å². The van der Waals surface area contributed by atoms with Gasteiger partial charge in [-0.15, -0.1) is 10.2 Å². The Labute approximate surface area is 120 Å². The van der Waals surface area contributed by atoms with Crippen molar-refractivity contribution < 1.29 is 0 Å². The van der Waals surface area contributed by atoms with E-state index in [-0.39, 0.29) is 11.5 Å². The zero-order valence-electron chi connectivity index (χ0n) is 12.4. The first-order valence-corrected chi connectivity index (χ1v) is 7.25. The van der Waals surface area contributed by atoms with Gasteiger partial charge in [-0.2, -0.15) is 0 Å². The molecule has 4 heteroatoms. The number of nitrogens with one attached hydrogen (secondary N) is 1. The highest BCUT2D eigenvalue weighted by Crippen LogP contribution is 2.33. The van der Waals surface area contributed by atoms with E-state index in [0.717, 1.165) is 31.2 Å². The second kappa shape index (κ2) is 5.02. The highest BCUT2D eigenvalue weighted by molar-refractivity contribution is 5.20. The first kappa shape index (κ1) is 13.3. The summed E-state index contributed by atoms with van der Waals surface area (Å²) < 4.78 is 2.29. The molecule has 0 amide bonds. The predicted molar refractivity (Wildman–Crippen MR) is 79.5 cm³/mol. The largest absolute Gasteiger partial charge is 0.312 e. The normalized spacial score (nSPS) is 18.9. The Bertz CT molecular complexity index is 580. The van der Waals surface area contributed by atoms with Crippen LogP contribution in [0, 0.1) is 5.41 Å². The Hall–Kier alpha value is -1.68. The van der Waals surface area contributed by atoms with Crippen molar-refractivity contribution in [2.24, 2.45) is 5.41 Å². The van der Waals surface area contributed by atoms with E-state index in [9.17, 15) is 0 Å². The Morgan fingerprint density at radius 3 is 2.65 bits per heavy atom. The molecule has 4 nitrogen and oxygen atoms in total. The predicted octanol–water partition coefficient (Wildman–Crippen LogP) is 2.56. The molecule has 1 aliphatic rings. The molecule has 3 rings (SSSR count). The fraction of sp³-hybridized carbons (Fsp3) is 0.500. The average Bonchev–Trinajstić information content (AvgIpc) is 2.82. The number of rotatable bonds is 2. The van der Waals surface area contributed by atoms with Crippen molar-refractivity contribution in [1.29, 1.82) is 0 Å². The van der Waals surface area contributed by atoms with Crippen molar-refractivity contribution in [2.45, 2.75) is 39.8 Å². The second-order valence-corrected chi connectivity index (χ2v) is 6.54. The molecule has 1 unspecified atom stereocenters. The molecule has 0 bridgehead atoms. The van der Waals surface area contributed by atoms with Crippen LogP contribution in [-0.4, -0.2) is 21.3 Å². The quantitative estimate of drug-likeness (QED) is 0.912. The third kappa shape index (κ3) is 2.48. The van der Waals surface area contributed by atoms with Gasteiger partial charge in [0.05, 0.1) is 6.04 Å². The highest BCUT2D eigenvalue weighted by Gasteiger charge is 2.33. The van der Waals surface area contributed by atoms with E-state index in [2.05, 4.69) is 65.1 Å². The molecule has 1 atom stereocenters. The third-order valence-corrected chi connectivity index (χ3v) is 3.87. The fourth-order valence-corrected chi connectivity index (χ4v) is 2.82. The molecule has 0 saturated carbocycles. The Balaban J connectivity index is 1.91. The molecule has 0 saturated heterocycles. The lowest BCUT2D eigenvalue weighted by atomic mass is 9.85. The van der Waals surface area contributed by atoms with E-state index >= 15 is 0 Å². The van der Waals surface area contributed by atoms with Crippen LogP contribution in [0.1, 0.15) is 44.0 Å². The van der Waals surface area contributed by atoms with Crippen LogP contribution in [0.4, 0.5) is 0 Å². The number of hydrogen-bond acceptors (Lipinski definition) is 3.